The number of hydrogen-bond acceptors (Lipinski definition) is 5. The van der Waals surface area contributed by atoms with Crippen molar-refractivity contribution in [3.05, 3.63) is 60.4 Å². The van der Waals surface area contributed by atoms with Gasteiger partial charge in [-0.25, -0.2) is 0 Å². The molecule has 0 unspecified atom stereocenters. The number of fused-ring (bicyclic) bond motifs is 1. The normalized spacial score (nSPS) is 10.3. The zero-order valence-corrected chi connectivity index (χ0v) is 13.3. The summed E-state index contributed by atoms with van der Waals surface area (Å²) >= 11 is 1.17. The minimum absolute atomic E-state index is 0.0610. The monoisotopic (exact) mass is 336 g/mol. The molecule has 0 saturated heterocycles. The van der Waals surface area contributed by atoms with E-state index in [1.54, 1.807) is 30.6 Å². The number of thioether (sulfide) groups is 1. The van der Waals surface area contributed by atoms with E-state index in [-0.39, 0.29) is 5.75 Å². The predicted octanol–water partition coefficient (Wildman–Crippen LogP) is 4.08. The molecule has 24 heavy (non-hydrogen) atoms. The Kier molecular flexibility index (Phi) is 4.64. The number of aliphatic carboxylic acids is 1. The van der Waals surface area contributed by atoms with E-state index in [1.807, 2.05) is 24.3 Å². The molecule has 0 spiro atoms. The molecule has 0 aliphatic heterocycles. The van der Waals surface area contributed by atoms with Crippen LogP contribution in [0, 0.1) is 11.3 Å². The van der Waals surface area contributed by atoms with Crippen molar-refractivity contribution in [2.45, 2.75) is 4.90 Å². The molecule has 0 radical (unpaired) electrons. The van der Waals surface area contributed by atoms with Crippen LogP contribution < -0.4 is 4.74 Å². The van der Waals surface area contributed by atoms with E-state index >= 15 is 0 Å². The first-order chi connectivity index (χ1) is 11.7. The van der Waals surface area contributed by atoms with Crippen LogP contribution in [-0.2, 0) is 4.79 Å². The lowest BCUT2D eigenvalue weighted by Gasteiger charge is -2.12. The van der Waals surface area contributed by atoms with Gasteiger partial charge in [0, 0.05) is 17.0 Å². The highest BCUT2D eigenvalue weighted by Crippen LogP contribution is 2.36. The van der Waals surface area contributed by atoms with E-state index in [4.69, 9.17) is 9.84 Å². The number of nitrogens with zero attached hydrogens (tertiary/aromatic N) is 2. The van der Waals surface area contributed by atoms with E-state index in [9.17, 15) is 10.1 Å². The number of benzene rings is 2. The predicted molar refractivity (Wildman–Crippen MR) is 91.3 cm³/mol. The Hall–Kier alpha value is -3.04. The molecule has 3 rings (SSSR count). The average Bonchev–Trinajstić information content (AvgIpc) is 2.61. The summed E-state index contributed by atoms with van der Waals surface area (Å²) in [5, 5.41) is 19.7. The van der Waals surface area contributed by atoms with Crippen LogP contribution in [0.2, 0.25) is 0 Å². The summed E-state index contributed by atoms with van der Waals surface area (Å²) in [6, 6.07) is 14.8. The molecule has 0 saturated carbocycles. The van der Waals surface area contributed by atoms with Gasteiger partial charge in [-0.05, 0) is 18.2 Å². The van der Waals surface area contributed by atoms with Crippen LogP contribution in [0.4, 0.5) is 0 Å². The van der Waals surface area contributed by atoms with Crippen molar-refractivity contribution >= 4 is 28.5 Å². The molecular weight excluding hydrogens is 324 g/mol. The summed E-state index contributed by atoms with van der Waals surface area (Å²) in [5.41, 5.74) is 0.574. The molecule has 2 aromatic carbocycles. The van der Waals surface area contributed by atoms with Gasteiger partial charge in [0.15, 0.2) is 5.75 Å². The SMILES string of the molecule is N#Cc1ccc(Oc2cnccc2SCC(=O)O)c2ccccc12. The molecule has 6 heteroatoms. The fourth-order valence-corrected chi connectivity index (χ4v) is 2.95. The highest BCUT2D eigenvalue weighted by atomic mass is 32.2. The lowest BCUT2D eigenvalue weighted by atomic mass is 10.0. The van der Waals surface area contributed by atoms with Gasteiger partial charge < -0.3 is 9.84 Å². The van der Waals surface area contributed by atoms with E-state index in [0.717, 1.165) is 10.8 Å². The third-order valence-corrected chi connectivity index (χ3v) is 4.36. The molecule has 1 aromatic heterocycles. The third kappa shape index (κ3) is 3.31. The van der Waals surface area contributed by atoms with Crippen molar-refractivity contribution in [2.75, 3.05) is 5.75 Å². The van der Waals surface area contributed by atoms with Crippen LogP contribution in [0.3, 0.4) is 0 Å². The molecule has 5 nitrogen and oxygen atoms in total. The number of carbonyl (C=O) groups is 1. The fourth-order valence-electron chi connectivity index (χ4n) is 2.28. The number of pyridine rings is 1. The first-order valence-corrected chi connectivity index (χ1v) is 8.06. The maximum atomic E-state index is 10.8. The largest absolute Gasteiger partial charge is 0.481 e. The van der Waals surface area contributed by atoms with Gasteiger partial charge in [-0.15, -0.1) is 11.8 Å². The quantitative estimate of drug-likeness (QED) is 0.707. The highest BCUT2D eigenvalue weighted by molar-refractivity contribution is 8.00. The Morgan fingerprint density at radius 2 is 1.96 bits per heavy atom. The second kappa shape index (κ2) is 7.02. The van der Waals surface area contributed by atoms with Crippen molar-refractivity contribution in [1.29, 1.82) is 5.26 Å². The molecule has 0 aliphatic carbocycles. The maximum absolute atomic E-state index is 10.8. The standard InChI is InChI=1S/C18H12N2O3S/c19-9-12-5-6-15(14-4-2-1-3-13(12)14)23-16-10-20-8-7-17(16)24-11-18(21)22/h1-8,10H,11H2,(H,21,22). The number of hydrogen-bond donors (Lipinski definition) is 1. The fraction of sp³-hybridized carbons (Fsp3) is 0.0556. The van der Waals surface area contributed by atoms with Crippen LogP contribution in [0.1, 0.15) is 5.56 Å². The molecule has 3 aromatic rings. The number of ether oxygens (including phenoxy) is 1. The maximum Gasteiger partial charge on any atom is 0.313 e. The molecule has 0 aliphatic rings. The molecule has 0 amide bonds. The molecular formula is C18H12N2O3S. The minimum atomic E-state index is -0.897. The van der Waals surface area contributed by atoms with Gasteiger partial charge in [0.05, 0.1) is 28.5 Å². The van der Waals surface area contributed by atoms with Crippen molar-refractivity contribution in [3.63, 3.8) is 0 Å². The summed E-state index contributed by atoms with van der Waals surface area (Å²) < 4.78 is 5.97. The Balaban J connectivity index is 2.00. The number of rotatable bonds is 5. The summed E-state index contributed by atoms with van der Waals surface area (Å²) in [6.45, 7) is 0. The minimum Gasteiger partial charge on any atom is -0.481 e. The summed E-state index contributed by atoms with van der Waals surface area (Å²) in [6.07, 6.45) is 3.14. The number of aromatic nitrogens is 1. The smallest absolute Gasteiger partial charge is 0.313 e. The molecule has 1 heterocycles. The number of carboxylic acids is 1. The van der Waals surface area contributed by atoms with Gasteiger partial charge in [-0.2, -0.15) is 5.26 Å². The van der Waals surface area contributed by atoms with Crippen LogP contribution >= 0.6 is 11.8 Å². The second-order valence-electron chi connectivity index (χ2n) is 4.88. The van der Waals surface area contributed by atoms with Gasteiger partial charge in [0.1, 0.15) is 5.75 Å². The van der Waals surface area contributed by atoms with Crippen molar-refractivity contribution in [3.8, 4) is 17.6 Å². The summed E-state index contributed by atoms with van der Waals surface area (Å²) in [5.74, 6) is 0.120. The van der Waals surface area contributed by atoms with Crippen LogP contribution in [0.5, 0.6) is 11.5 Å². The van der Waals surface area contributed by atoms with Crippen LogP contribution in [0.25, 0.3) is 10.8 Å². The molecule has 1 N–H and O–H groups in total. The zero-order chi connectivity index (χ0) is 16.9. The van der Waals surface area contributed by atoms with Gasteiger partial charge in [0.25, 0.3) is 0 Å². The van der Waals surface area contributed by atoms with E-state index in [1.165, 1.54) is 11.8 Å². The van der Waals surface area contributed by atoms with E-state index in [2.05, 4.69) is 11.1 Å². The topological polar surface area (TPSA) is 83.2 Å². The average molecular weight is 336 g/mol. The van der Waals surface area contributed by atoms with Gasteiger partial charge in [-0.1, -0.05) is 24.3 Å². The lowest BCUT2D eigenvalue weighted by Crippen LogP contribution is -1.98. The molecule has 118 valence electrons. The highest BCUT2D eigenvalue weighted by Gasteiger charge is 2.11. The van der Waals surface area contributed by atoms with Crippen LogP contribution in [-0.4, -0.2) is 21.8 Å². The number of carboxylic acid groups (broad SMARTS) is 1. The first-order valence-electron chi connectivity index (χ1n) is 7.07. The first kappa shape index (κ1) is 15.8. The Morgan fingerprint density at radius 3 is 2.71 bits per heavy atom. The van der Waals surface area contributed by atoms with Gasteiger partial charge >= 0.3 is 5.97 Å². The van der Waals surface area contributed by atoms with Crippen LogP contribution in [0.15, 0.2) is 59.8 Å². The molecule has 0 fully saturated rings. The van der Waals surface area contributed by atoms with E-state index in [0.29, 0.717) is 22.0 Å². The molecule has 0 bridgehead atoms. The Morgan fingerprint density at radius 1 is 1.17 bits per heavy atom. The second-order valence-corrected chi connectivity index (χ2v) is 5.89. The number of nitriles is 1. The summed E-state index contributed by atoms with van der Waals surface area (Å²) in [4.78, 5) is 15.5. The van der Waals surface area contributed by atoms with Crippen molar-refractivity contribution in [2.24, 2.45) is 0 Å². The molecule has 0 atom stereocenters. The van der Waals surface area contributed by atoms with Crippen molar-refractivity contribution in [1.82, 2.24) is 4.98 Å². The Bertz CT molecular complexity index is 950. The van der Waals surface area contributed by atoms with Gasteiger partial charge in [-0.3, -0.25) is 9.78 Å². The van der Waals surface area contributed by atoms with Crippen molar-refractivity contribution < 1.29 is 14.6 Å². The lowest BCUT2D eigenvalue weighted by molar-refractivity contribution is -0.133. The van der Waals surface area contributed by atoms with E-state index < -0.39 is 5.97 Å². The third-order valence-electron chi connectivity index (χ3n) is 3.32. The van der Waals surface area contributed by atoms with Gasteiger partial charge in [0.2, 0.25) is 0 Å². The summed E-state index contributed by atoms with van der Waals surface area (Å²) in [7, 11) is 0. The zero-order valence-electron chi connectivity index (χ0n) is 12.5. The Labute approximate surface area is 142 Å².